The van der Waals surface area contributed by atoms with E-state index in [-0.39, 0.29) is 24.2 Å². The molecule has 0 amide bonds. The number of esters is 1. The minimum Gasteiger partial charge on any atom is -0.477 e. The summed E-state index contributed by atoms with van der Waals surface area (Å²) in [6.45, 7) is 5.67. The van der Waals surface area contributed by atoms with E-state index in [1.54, 1.807) is 57.2 Å². The van der Waals surface area contributed by atoms with Crippen LogP contribution in [-0.4, -0.2) is 34.3 Å². The molecule has 4 rings (SSSR count). The molecule has 0 aliphatic heterocycles. The molecule has 2 aromatic carbocycles. The van der Waals surface area contributed by atoms with E-state index in [0.29, 0.717) is 44.9 Å². The molecule has 1 aliphatic carbocycles. The van der Waals surface area contributed by atoms with Crippen LogP contribution in [0.3, 0.4) is 0 Å². The van der Waals surface area contributed by atoms with Crippen LogP contribution in [-0.2, 0) is 9.53 Å². The third-order valence-corrected chi connectivity index (χ3v) is 5.85. The summed E-state index contributed by atoms with van der Waals surface area (Å²) in [5.41, 5.74) is 1.47. The molecule has 1 atom stereocenters. The maximum absolute atomic E-state index is 12.6. The number of halogens is 5. The summed E-state index contributed by atoms with van der Waals surface area (Å²) < 4.78 is 54.7. The number of carbonyl (C=O) groups excluding carboxylic acids is 1. The molecule has 0 radical (unpaired) electrons. The van der Waals surface area contributed by atoms with Crippen molar-refractivity contribution in [2.24, 2.45) is 5.92 Å². The van der Waals surface area contributed by atoms with Crippen molar-refractivity contribution in [1.82, 2.24) is 9.78 Å². The van der Waals surface area contributed by atoms with Crippen molar-refractivity contribution in [3.8, 4) is 28.6 Å². The Bertz CT molecular complexity index is 1390. The van der Waals surface area contributed by atoms with E-state index in [1.807, 2.05) is 6.08 Å². The largest absolute Gasteiger partial charge is 0.573 e. The van der Waals surface area contributed by atoms with Crippen LogP contribution >= 0.6 is 23.2 Å². The van der Waals surface area contributed by atoms with Crippen LogP contribution in [0.4, 0.5) is 13.2 Å². The summed E-state index contributed by atoms with van der Waals surface area (Å²) in [6, 6.07) is 11.9. The van der Waals surface area contributed by atoms with Gasteiger partial charge in [0, 0.05) is 27.6 Å². The van der Waals surface area contributed by atoms with Gasteiger partial charge in [-0.25, -0.2) is 9.48 Å². The summed E-state index contributed by atoms with van der Waals surface area (Å²) >= 11 is 12.3. The number of benzene rings is 2. The average Bonchev–Trinajstić information content (AvgIpc) is 3.25. The SMILES string of the molecule is CC(C)(C)OC(=O)C1=CCC(COc2cc(-c3cc(Cl)cc(Cl)c3)nn2-c2ccc(OC(F)(F)F)cc2)C=C1. The number of aromatic nitrogens is 2. The second-order valence-electron chi connectivity index (χ2n) is 9.81. The molecule has 0 fully saturated rings. The minimum atomic E-state index is -4.80. The summed E-state index contributed by atoms with van der Waals surface area (Å²) in [5, 5.41) is 5.43. The molecule has 0 spiro atoms. The van der Waals surface area contributed by atoms with Gasteiger partial charge >= 0.3 is 12.3 Å². The van der Waals surface area contributed by atoms with Crippen LogP contribution in [0.25, 0.3) is 16.9 Å². The molecule has 39 heavy (non-hydrogen) atoms. The second-order valence-corrected chi connectivity index (χ2v) is 10.7. The molecule has 1 unspecified atom stereocenters. The van der Waals surface area contributed by atoms with Crippen LogP contribution in [0.1, 0.15) is 27.2 Å². The molecule has 0 N–H and O–H groups in total. The van der Waals surface area contributed by atoms with Crippen molar-refractivity contribution >= 4 is 29.2 Å². The Morgan fingerprint density at radius 1 is 1.05 bits per heavy atom. The molecule has 1 heterocycles. The van der Waals surface area contributed by atoms with E-state index < -0.39 is 12.0 Å². The highest BCUT2D eigenvalue weighted by Gasteiger charge is 2.31. The zero-order valence-electron chi connectivity index (χ0n) is 21.3. The first-order valence-electron chi connectivity index (χ1n) is 11.9. The molecular formula is C28H25Cl2F3N2O4. The average molecular weight is 581 g/mol. The van der Waals surface area contributed by atoms with Crippen LogP contribution in [0.15, 0.2) is 72.3 Å². The number of ether oxygens (including phenoxy) is 3. The van der Waals surface area contributed by atoms with E-state index in [4.69, 9.17) is 32.7 Å². The van der Waals surface area contributed by atoms with E-state index >= 15 is 0 Å². The van der Waals surface area contributed by atoms with Gasteiger partial charge in [0.15, 0.2) is 0 Å². The highest BCUT2D eigenvalue weighted by molar-refractivity contribution is 6.35. The number of alkyl halides is 3. The third kappa shape index (κ3) is 8.03. The summed E-state index contributed by atoms with van der Waals surface area (Å²) in [4.78, 5) is 12.3. The third-order valence-electron chi connectivity index (χ3n) is 5.42. The van der Waals surface area contributed by atoms with Gasteiger partial charge in [0.2, 0.25) is 5.88 Å². The standard InChI is InChI=1S/C28H25Cl2F3N2O4/c1-27(2,3)39-26(36)18-6-4-17(5-7-18)16-37-25-15-24(19-12-20(29)14-21(30)13-19)34-35(25)22-8-10-23(11-9-22)38-28(31,32)33/h4,6-15,17H,5,16H2,1-3H3. The maximum Gasteiger partial charge on any atom is 0.573 e. The first-order valence-corrected chi connectivity index (χ1v) is 12.7. The molecular weight excluding hydrogens is 556 g/mol. The number of hydrogen-bond donors (Lipinski definition) is 0. The van der Waals surface area contributed by atoms with Gasteiger partial charge in [-0.15, -0.1) is 13.2 Å². The lowest BCUT2D eigenvalue weighted by Crippen LogP contribution is -2.25. The van der Waals surface area contributed by atoms with Gasteiger partial charge in [-0.1, -0.05) is 41.4 Å². The fourth-order valence-corrected chi connectivity index (χ4v) is 4.28. The van der Waals surface area contributed by atoms with Gasteiger partial charge in [0.05, 0.1) is 23.6 Å². The minimum absolute atomic E-state index is 0.0360. The lowest BCUT2D eigenvalue weighted by atomic mass is 9.97. The Kier molecular flexibility index (Phi) is 8.32. The zero-order valence-corrected chi connectivity index (χ0v) is 22.8. The molecule has 6 nitrogen and oxygen atoms in total. The van der Waals surface area contributed by atoms with Crippen LogP contribution < -0.4 is 9.47 Å². The van der Waals surface area contributed by atoms with E-state index in [0.717, 1.165) is 0 Å². The van der Waals surface area contributed by atoms with Gasteiger partial charge < -0.3 is 14.2 Å². The van der Waals surface area contributed by atoms with Gasteiger partial charge in [-0.2, -0.15) is 5.10 Å². The van der Waals surface area contributed by atoms with Gasteiger partial charge in [0.1, 0.15) is 11.4 Å². The van der Waals surface area contributed by atoms with Gasteiger partial charge in [-0.05, 0) is 69.7 Å². The zero-order chi connectivity index (χ0) is 28.4. The highest BCUT2D eigenvalue weighted by atomic mass is 35.5. The van der Waals surface area contributed by atoms with Crippen molar-refractivity contribution < 1.29 is 32.2 Å². The quantitative estimate of drug-likeness (QED) is 0.265. The Balaban J connectivity index is 1.55. The van der Waals surface area contributed by atoms with Crippen molar-refractivity contribution in [2.45, 2.75) is 39.2 Å². The molecule has 206 valence electrons. The fourth-order valence-electron chi connectivity index (χ4n) is 3.75. The van der Waals surface area contributed by atoms with Crippen molar-refractivity contribution in [1.29, 1.82) is 0 Å². The molecule has 0 saturated heterocycles. The van der Waals surface area contributed by atoms with E-state index in [1.165, 1.54) is 28.9 Å². The second kappa shape index (κ2) is 11.4. The first-order chi connectivity index (χ1) is 18.3. The molecule has 1 aliphatic rings. The van der Waals surface area contributed by atoms with Crippen LogP contribution in [0.5, 0.6) is 11.6 Å². The number of rotatable bonds is 7. The smallest absolute Gasteiger partial charge is 0.477 e. The number of hydrogen-bond acceptors (Lipinski definition) is 5. The monoisotopic (exact) mass is 580 g/mol. The normalized spacial score (nSPS) is 15.6. The Labute approximate surface area is 233 Å². The predicted molar refractivity (Wildman–Crippen MR) is 142 cm³/mol. The molecule has 0 bridgehead atoms. The Hall–Kier alpha value is -3.43. The molecule has 1 aromatic heterocycles. The molecule has 0 saturated carbocycles. The number of carbonyl (C=O) groups is 1. The lowest BCUT2D eigenvalue weighted by Gasteiger charge is -2.21. The fraction of sp³-hybridized carbons (Fsp3) is 0.286. The van der Waals surface area contributed by atoms with Crippen molar-refractivity contribution in [2.75, 3.05) is 6.61 Å². The highest BCUT2D eigenvalue weighted by Crippen LogP contribution is 2.32. The van der Waals surface area contributed by atoms with Gasteiger partial charge in [-0.3, -0.25) is 0 Å². The van der Waals surface area contributed by atoms with Crippen molar-refractivity contribution in [3.63, 3.8) is 0 Å². The summed E-state index contributed by atoms with van der Waals surface area (Å²) in [6.07, 6.45) is 1.14. The Morgan fingerprint density at radius 2 is 1.72 bits per heavy atom. The first kappa shape index (κ1) is 28.6. The maximum atomic E-state index is 12.6. The predicted octanol–water partition coefficient (Wildman–Crippen LogP) is 7.97. The summed E-state index contributed by atoms with van der Waals surface area (Å²) in [7, 11) is 0. The van der Waals surface area contributed by atoms with Crippen molar-refractivity contribution in [3.05, 3.63) is 82.4 Å². The van der Waals surface area contributed by atoms with Gasteiger partial charge in [0.25, 0.3) is 0 Å². The van der Waals surface area contributed by atoms with Crippen LogP contribution in [0, 0.1) is 5.92 Å². The van der Waals surface area contributed by atoms with E-state index in [2.05, 4.69) is 9.84 Å². The number of allylic oxidation sites excluding steroid dienone is 1. The Morgan fingerprint density at radius 3 is 2.28 bits per heavy atom. The van der Waals surface area contributed by atoms with Crippen LogP contribution in [0.2, 0.25) is 10.0 Å². The molecule has 3 aromatic rings. The lowest BCUT2D eigenvalue weighted by molar-refractivity contribution is -0.274. The topological polar surface area (TPSA) is 62.6 Å². The molecule has 11 heteroatoms. The summed E-state index contributed by atoms with van der Waals surface area (Å²) in [5.74, 6) is -0.436. The van der Waals surface area contributed by atoms with E-state index in [9.17, 15) is 18.0 Å². The number of nitrogens with zero attached hydrogens (tertiary/aromatic N) is 2.